The van der Waals surface area contributed by atoms with E-state index in [2.05, 4.69) is 5.10 Å². The van der Waals surface area contributed by atoms with Gasteiger partial charge in [-0.2, -0.15) is 5.10 Å². The third-order valence-electron chi connectivity index (χ3n) is 4.72. The Kier molecular flexibility index (Phi) is 3.65. The van der Waals surface area contributed by atoms with Crippen LogP contribution in [0.25, 0.3) is 0 Å². The average molecular weight is 326 g/mol. The third-order valence-corrected chi connectivity index (χ3v) is 4.72. The van der Waals surface area contributed by atoms with Gasteiger partial charge in [0.05, 0.1) is 12.0 Å². The SMILES string of the molecule is CCN1CCC2(CN(C(=O)c3ccn(C)n3)CC(F)(F)C2)C1=O. The number of rotatable bonds is 2. The summed E-state index contributed by atoms with van der Waals surface area (Å²) in [7, 11) is 1.66. The summed E-state index contributed by atoms with van der Waals surface area (Å²) in [4.78, 5) is 27.7. The summed E-state index contributed by atoms with van der Waals surface area (Å²) in [6.45, 7) is 2.17. The van der Waals surface area contributed by atoms with Crippen molar-refractivity contribution in [3.63, 3.8) is 0 Å². The molecule has 3 heterocycles. The van der Waals surface area contributed by atoms with Crippen LogP contribution >= 0.6 is 0 Å². The minimum atomic E-state index is -3.07. The molecule has 0 saturated carbocycles. The fourth-order valence-electron chi connectivity index (χ4n) is 3.65. The predicted octanol–water partition coefficient (Wildman–Crippen LogP) is 1.14. The molecule has 1 aromatic heterocycles. The van der Waals surface area contributed by atoms with Crippen molar-refractivity contribution >= 4 is 11.8 Å². The Balaban J connectivity index is 1.88. The van der Waals surface area contributed by atoms with Crippen molar-refractivity contribution in [2.75, 3.05) is 26.2 Å². The maximum absolute atomic E-state index is 14.2. The summed E-state index contributed by atoms with van der Waals surface area (Å²) in [6, 6.07) is 1.50. The number of hydrogen-bond acceptors (Lipinski definition) is 3. The number of alkyl halides is 2. The Labute approximate surface area is 133 Å². The second-order valence-electron chi connectivity index (χ2n) is 6.48. The van der Waals surface area contributed by atoms with Crippen molar-refractivity contribution in [2.45, 2.75) is 25.7 Å². The van der Waals surface area contributed by atoms with E-state index < -0.39 is 30.2 Å². The van der Waals surface area contributed by atoms with Crippen LogP contribution in [0.2, 0.25) is 0 Å². The number of aryl methyl sites for hydroxylation is 1. The van der Waals surface area contributed by atoms with Crippen molar-refractivity contribution < 1.29 is 18.4 Å². The largest absolute Gasteiger partial charge is 0.342 e. The van der Waals surface area contributed by atoms with E-state index in [9.17, 15) is 18.4 Å². The first-order chi connectivity index (χ1) is 10.8. The van der Waals surface area contributed by atoms with Gasteiger partial charge in [-0.1, -0.05) is 0 Å². The molecule has 0 aromatic carbocycles. The van der Waals surface area contributed by atoms with Gasteiger partial charge in [0.1, 0.15) is 5.69 Å². The smallest absolute Gasteiger partial charge is 0.274 e. The number of halogens is 2. The number of carbonyl (C=O) groups is 2. The van der Waals surface area contributed by atoms with Crippen molar-refractivity contribution in [1.82, 2.24) is 19.6 Å². The quantitative estimate of drug-likeness (QED) is 0.819. The normalized spacial score (nSPS) is 27.0. The number of carbonyl (C=O) groups excluding carboxylic acids is 2. The van der Waals surface area contributed by atoms with E-state index in [1.165, 1.54) is 10.7 Å². The van der Waals surface area contributed by atoms with Crippen molar-refractivity contribution in [3.05, 3.63) is 18.0 Å². The average Bonchev–Trinajstić information content (AvgIpc) is 3.02. The third kappa shape index (κ3) is 2.70. The highest BCUT2D eigenvalue weighted by Crippen LogP contribution is 2.45. The van der Waals surface area contributed by atoms with Crippen LogP contribution in [0.1, 0.15) is 30.3 Å². The monoisotopic (exact) mass is 326 g/mol. The van der Waals surface area contributed by atoms with Crippen molar-refractivity contribution in [2.24, 2.45) is 12.5 Å². The molecule has 0 radical (unpaired) electrons. The van der Waals surface area contributed by atoms with Crippen molar-refractivity contribution in [1.29, 1.82) is 0 Å². The van der Waals surface area contributed by atoms with Crippen LogP contribution in [0, 0.1) is 5.41 Å². The van der Waals surface area contributed by atoms with E-state index in [0.717, 1.165) is 4.90 Å². The molecular formula is C15H20F2N4O2. The van der Waals surface area contributed by atoms with Gasteiger partial charge in [-0.15, -0.1) is 0 Å². The minimum absolute atomic E-state index is 0.0351. The fourth-order valence-corrected chi connectivity index (χ4v) is 3.65. The molecule has 2 aliphatic heterocycles. The molecule has 2 fully saturated rings. The lowest BCUT2D eigenvalue weighted by Crippen LogP contribution is -2.57. The lowest BCUT2D eigenvalue weighted by molar-refractivity contribution is -0.151. The van der Waals surface area contributed by atoms with Crippen LogP contribution in [0.4, 0.5) is 8.78 Å². The molecule has 2 amide bonds. The molecule has 0 aliphatic carbocycles. The Morgan fingerprint density at radius 2 is 2.13 bits per heavy atom. The van der Waals surface area contributed by atoms with Crippen molar-refractivity contribution in [3.8, 4) is 0 Å². The van der Waals surface area contributed by atoms with E-state index in [1.54, 1.807) is 18.1 Å². The van der Waals surface area contributed by atoms with Gasteiger partial charge < -0.3 is 9.80 Å². The number of nitrogens with zero attached hydrogens (tertiary/aromatic N) is 4. The maximum Gasteiger partial charge on any atom is 0.274 e. The van der Waals surface area contributed by atoms with Gasteiger partial charge in [0.25, 0.3) is 11.8 Å². The Morgan fingerprint density at radius 1 is 1.39 bits per heavy atom. The van der Waals surface area contributed by atoms with E-state index in [0.29, 0.717) is 19.5 Å². The molecule has 23 heavy (non-hydrogen) atoms. The topological polar surface area (TPSA) is 58.4 Å². The predicted molar refractivity (Wildman–Crippen MR) is 78.0 cm³/mol. The Hall–Kier alpha value is -1.99. The molecule has 1 unspecified atom stereocenters. The van der Waals surface area contributed by atoms with Gasteiger partial charge in [0.15, 0.2) is 0 Å². The molecule has 0 bridgehead atoms. The summed E-state index contributed by atoms with van der Waals surface area (Å²) in [5.41, 5.74) is -1.04. The van der Waals surface area contributed by atoms with Gasteiger partial charge in [0.2, 0.25) is 5.91 Å². The van der Waals surface area contributed by atoms with Gasteiger partial charge in [-0.3, -0.25) is 14.3 Å². The Bertz CT molecular complexity index is 645. The zero-order valence-corrected chi connectivity index (χ0v) is 13.3. The summed E-state index contributed by atoms with van der Waals surface area (Å²) in [5.74, 6) is -3.88. The Morgan fingerprint density at radius 3 is 2.70 bits per heavy atom. The van der Waals surface area contributed by atoms with E-state index in [-0.39, 0.29) is 18.1 Å². The summed E-state index contributed by atoms with van der Waals surface area (Å²) in [6.07, 6.45) is 1.47. The molecule has 126 valence electrons. The molecule has 0 N–H and O–H groups in total. The lowest BCUT2D eigenvalue weighted by Gasteiger charge is -2.42. The molecule has 2 aliphatic rings. The lowest BCUT2D eigenvalue weighted by atomic mass is 9.77. The number of piperidine rings is 1. The second kappa shape index (κ2) is 5.28. The zero-order chi connectivity index (χ0) is 16.8. The highest BCUT2D eigenvalue weighted by atomic mass is 19.3. The summed E-state index contributed by atoms with van der Waals surface area (Å²) >= 11 is 0. The number of hydrogen-bond donors (Lipinski definition) is 0. The van der Waals surface area contributed by atoms with Crippen LogP contribution in [0.5, 0.6) is 0 Å². The zero-order valence-electron chi connectivity index (χ0n) is 13.3. The molecule has 2 saturated heterocycles. The highest BCUT2D eigenvalue weighted by Gasteiger charge is 2.57. The molecule has 1 spiro atoms. The number of likely N-dealkylation sites (tertiary alicyclic amines) is 2. The van der Waals surface area contributed by atoms with Crippen LogP contribution in [0.3, 0.4) is 0 Å². The minimum Gasteiger partial charge on any atom is -0.342 e. The molecule has 3 rings (SSSR count). The van der Waals surface area contributed by atoms with Crippen LogP contribution in [-0.4, -0.2) is 63.5 Å². The molecule has 8 heteroatoms. The number of amides is 2. The van der Waals surface area contributed by atoms with Gasteiger partial charge >= 0.3 is 0 Å². The summed E-state index contributed by atoms with van der Waals surface area (Å²) in [5, 5.41) is 3.98. The molecule has 6 nitrogen and oxygen atoms in total. The van der Waals surface area contributed by atoms with E-state index in [1.807, 2.05) is 6.92 Å². The first-order valence-electron chi connectivity index (χ1n) is 7.72. The highest BCUT2D eigenvalue weighted by molar-refractivity contribution is 5.93. The second-order valence-corrected chi connectivity index (χ2v) is 6.48. The molecular weight excluding hydrogens is 306 g/mol. The molecule has 1 atom stereocenters. The maximum atomic E-state index is 14.2. The van der Waals surface area contributed by atoms with Gasteiger partial charge in [-0.05, 0) is 19.4 Å². The fraction of sp³-hybridized carbons (Fsp3) is 0.667. The van der Waals surface area contributed by atoms with E-state index >= 15 is 0 Å². The van der Waals surface area contributed by atoms with Crippen LogP contribution in [0.15, 0.2) is 12.3 Å². The first-order valence-corrected chi connectivity index (χ1v) is 7.72. The van der Waals surface area contributed by atoms with Gasteiger partial charge in [-0.25, -0.2) is 8.78 Å². The summed E-state index contributed by atoms with van der Waals surface area (Å²) < 4.78 is 29.9. The first kappa shape index (κ1) is 15.9. The standard InChI is InChI=1S/C15H20F2N4O2/c1-3-20-7-5-14(13(20)23)8-15(16,17)10-21(9-14)12(22)11-4-6-19(2)18-11/h4,6H,3,5,7-10H2,1-2H3. The van der Waals surface area contributed by atoms with Gasteiger partial charge in [0, 0.05) is 39.3 Å². The van der Waals surface area contributed by atoms with Crippen LogP contribution in [-0.2, 0) is 11.8 Å². The van der Waals surface area contributed by atoms with Crippen LogP contribution < -0.4 is 0 Å². The van der Waals surface area contributed by atoms with E-state index in [4.69, 9.17) is 0 Å². The molecule has 1 aromatic rings. The number of aromatic nitrogens is 2.